The number of hydrogen-bond acceptors (Lipinski definition) is 3. The Hall–Kier alpha value is -0.870. The Morgan fingerprint density at radius 1 is 1.53 bits per heavy atom. The summed E-state index contributed by atoms with van der Waals surface area (Å²) in [6, 6.07) is 2.74. The zero-order valence-electron chi connectivity index (χ0n) is 9.52. The van der Waals surface area contributed by atoms with E-state index in [1.54, 1.807) is 0 Å². The van der Waals surface area contributed by atoms with Gasteiger partial charge in [-0.05, 0) is 26.0 Å². The van der Waals surface area contributed by atoms with Crippen molar-refractivity contribution >= 4 is 0 Å². The van der Waals surface area contributed by atoms with Gasteiger partial charge in [0, 0.05) is 39.0 Å². The van der Waals surface area contributed by atoms with Gasteiger partial charge in [-0.25, -0.2) is 0 Å². The molecule has 0 saturated carbocycles. The van der Waals surface area contributed by atoms with Crippen molar-refractivity contribution < 1.29 is 4.74 Å². The van der Waals surface area contributed by atoms with Crippen molar-refractivity contribution in [3.8, 4) is 0 Å². The summed E-state index contributed by atoms with van der Waals surface area (Å²) in [5.74, 6) is 0. The minimum Gasteiger partial charge on any atom is -0.381 e. The smallest absolute Gasteiger partial charge is 0.0521 e. The number of aryl methyl sites for hydroxylation is 1. The topological polar surface area (TPSA) is 30.3 Å². The summed E-state index contributed by atoms with van der Waals surface area (Å²) < 4.78 is 7.30. The highest BCUT2D eigenvalue weighted by Crippen LogP contribution is 2.15. The lowest BCUT2D eigenvalue weighted by Crippen LogP contribution is -2.36. The maximum atomic E-state index is 5.36. The van der Waals surface area contributed by atoms with Crippen molar-refractivity contribution in [2.45, 2.75) is 25.4 Å². The highest BCUT2D eigenvalue weighted by atomic mass is 16.5. The molecule has 0 atom stereocenters. The van der Waals surface area contributed by atoms with Crippen LogP contribution in [0, 0.1) is 0 Å². The third-order valence-corrected chi connectivity index (χ3v) is 3.15. The van der Waals surface area contributed by atoms with Gasteiger partial charge in [-0.3, -0.25) is 9.58 Å². The van der Waals surface area contributed by atoms with Crippen molar-refractivity contribution in [3.63, 3.8) is 0 Å². The molecule has 1 aliphatic rings. The van der Waals surface area contributed by atoms with Crippen LogP contribution in [0.4, 0.5) is 0 Å². The zero-order valence-corrected chi connectivity index (χ0v) is 9.52. The van der Waals surface area contributed by atoms with Crippen LogP contribution >= 0.6 is 0 Å². The van der Waals surface area contributed by atoms with Crippen molar-refractivity contribution in [2.75, 3.05) is 20.3 Å². The van der Waals surface area contributed by atoms with Crippen LogP contribution in [0.25, 0.3) is 0 Å². The van der Waals surface area contributed by atoms with Gasteiger partial charge >= 0.3 is 0 Å². The lowest BCUT2D eigenvalue weighted by Gasteiger charge is -2.31. The van der Waals surface area contributed by atoms with Crippen LogP contribution in [0.3, 0.4) is 0 Å². The molecule has 0 spiro atoms. The van der Waals surface area contributed by atoms with Crippen molar-refractivity contribution in [3.05, 3.63) is 18.0 Å². The molecule has 1 aromatic rings. The molecule has 2 rings (SSSR count). The largest absolute Gasteiger partial charge is 0.381 e. The summed E-state index contributed by atoms with van der Waals surface area (Å²) in [4.78, 5) is 2.40. The molecule has 1 saturated heterocycles. The van der Waals surface area contributed by atoms with Crippen molar-refractivity contribution in [1.82, 2.24) is 14.7 Å². The van der Waals surface area contributed by atoms with E-state index in [1.807, 2.05) is 17.9 Å². The van der Waals surface area contributed by atoms with Gasteiger partial charge in [0.15, 0.2) is 0 Å². The number of aromatic nitrogens is 2. The highest BCUT2D eigenvalue weighted by molar-refractivity contribution is 4.99. The molecule has 0 bridgehead atoms. The summed E-state index contributed by atoms with van der Waals surface area (Å²) in [6.07, 6.45) is 4.15. The monoisotopic (exact) mass is 209 g/mol. The fourth-order valence-corrected chi connectivity index (χ4v) is 2.07. The fraction of sp³-hybridized carbons (Fsp3) is 0.727. The summed E-state index contributed by atoms with van der Waals surface area (Å²) >= 11 is 0. The first-order valence-electron chi connectivity index (χ1n) is 5.52. The van der Waals surface area contributed by atoms with Gasteiger partial charge in [-0.2, -0.15) is 5.10 Å². The second-order valence-corrected chi connectivity index (χ2v) is 4.20. The number of hydrogen-bond donors (Lipinski definition) is 0. The van der Waals surface area contributed by atoms with Crippen LogP contribution in [0.2, 0.25) is 0 Å². The number of ether oxygens (including phenoxy) is 1. The molecule has 1 fully saturated rings. The van der Waals surface area contributed by atoms with Crippen molar-refractivity contribution in [1.29, 1.82) is 0 Å². The van der Waals surface area contributed by atoms with Crippen molar-refractivity contribution in [2.24, 2.45) is 7.05 Å². The van der Waals surface area contributed by atoms with E-state index in [4.69, 9.17) is 4.74 Å². The molecule has 0 aromatic carbocycles. The molecule has 0 aliphatic carbocycles. The maximum Gasteiger partial charge on any atom is 0.0521 e. The lowest BCUT2D eigenvalue weighted by atomic mass is 10.1. The second-order valence-electron chi connectivity index (χ2n) is 4.20. The summed E-state index contributed by atoms with van der Waals surface area (Å²) in [7, 11) is 4.18. The normalized spacial score (nSPS) is 18.6. The lowest BCUT2D eigenvalue weighted by molar-refractivity contribution is 0.0400. The minimum absolute atomic E-state index is 0.661. The van der Waals surface area contributed by atoms with Gasteiger partial charge in [0.05, 0.1) is 5.69 Å². The molecule has 1 aliphatic heterocycles. The van der Waals surface area contributed by atoms with Crippen LogP contribution in [0.15, 0.2) is 12.3 Å². The van der Waals surface area contributed by atoms with E-state index in [2.05, 4.69) is 23.1 Å². The second kappa shape index (κ2) is 4.77. The Balaban J connectivity index is 1.91. The first kappa shape index (κ1) is 10.6. The predicted octanol–water partition coefficient (Wildman–Crippen LogP) is 1.03. The van der Waals surface area contributed by atoms with Gasteiger partial charge < -0.3 is 4.74 Å². The van der Waals surface area contributed by atoms with E-state index in [0.717, 1.165) is 32.6 Å². The number of rotatable bonds is 3. The van der Waals surface area contributed by atoms with Crippen LogP contribution in [0.5, 0.6) is 0 Å². The molecule has 2 heterocycles. The van der Waals surface area contributed by atoms with E-state index in [1.165, 1.54) is 5.69 Å². The Kier molecular flexibility index (Phi) is 3.38. The van der Waals surface area contributed by atoms with Gasteiger partial charge in [-0.15, -0.1) is 0 Å². The first-order chi connectivity index (χ1) is 7.27. The summed E-state index contributed by atoms with van der Waals surface area (Å²) in [5, 5.41) is 4.18. The van der Waals surface area contributed by atoms with Crippen LogP contribution in [0.1, 0.15) is 18.5 Å². The minimum atomic E-state index is 0.661. The van der Waals surface area contributed by atoms with Crippen LogP contribution in [-0.2, 0) is 18.3 Å². The Morgan fingerprint density at radius 3 is 2.87 bits per heavy atom. The van der Waals surface area contributed by atoms with E-state index in [-0.39, 0.29) is 0 Å². The Morgan fingerprint density at radius 2 is 2.27 bits per heavy atom. The molecule has 4 nitrogen and oxygen atoms in total. The predicted molar refractivity (Wildman–Crippen MR) is 58.5 cm³/mol. The molecular weight excluding hydrogens is 190 g/mol. The molecule has 0 unspecified atom stereocenters. The first-order valence-corrected chi connectivity index (χ1v) is 5.52. The van der Waals surface area contributed by atoms with E-state index in [9.17, 15) is 0 Å². The highest BCUT2D eigenvalue weighted by Gasteiger charge is 2.18. The third kappa shape index (κ3) is 2.58. The average Bonchev–Trinajstić information content (AvgIpc) is 2.66. The van der Waals surface area contributed by atoms with E-state index >= 15 is 0 Å². The Bertz CT molecular complexity index is 305. The fourth-order valence-electron chi connectivity index (χ4n) is 2.07. The number of nitrogens with zero attached hydrogens (tertiary/aromatic N) is 3. The van der Waals surface area contributed by atoms with E-state index in [0.29, 0.717) is 6.04 Å². The summed E-state index contributed by atoms with van der Waals surface area (Å²) in [5.41, 5.74) is 1.27. The van der Waals surface area contributed by atoms with Gasteiger partial charge in [0.2, 0.25) is 0 Å². The molecule has 1 aromatic heterocycles. The van der Waals surface area contributed by atoms with Gasteiger partial charge in [-0.1, -0.05) is 0 Å². The molecule has 0 radical (unpaired) electrons. The molecule has 0 amide bonds. The van der Waals surface area contributed by atoms with Crippen LogP contribution < -0.4 is 0 Å². The maximum absolute atomic E-state index is 5.36. The van der Waals surface area contributed by atoms with Gasteiger partial charge in [0.25, 0.3) is 0 Å². The van der Waals surface area contributed by atoms with Crippen LogP contribution in [-0.4, -0.2) is 41.0 Å². The van der Waals surface area contributed by atoms with E-state index < -0.39 is 0 Å². The molecule has 4 heteroatoms. The molecule has 0 N–H and O–H groups in total. The summed E-state index contributed by atoms with van der Waals surface area (Å²) in [6.45, 7) is 2.78. The SMILES string of the molecule is CN(Cc1ccnn1C)C1CCOCC1. The third-order valence-electron chi connectivity index (χ3n) is 3.15. The average molecular weight is 209 g/mol. The Labute approximate surface area is 90.8 Å². The quantitative estimate of drug-likeness (QED) is 0.745. The van der Waals surface area contributed by atoms with Gasteiger partial charge in [0.1, 0.15) is 0 Å². The standard InChI is InChI=1S/C11H19N3O/c1-13(10-4-7-15-8-5-10)9-11-3-6-12-14(11)2/h3,6,10H,4-5,7-9H2,1-2H3. The molecule has 15 heavy (non-hydrogen) atoms. The zero-order chi connectivity index (χ0) is 10.7. The molecule has 84 valence electrons. The molecular formula is C11H19N3O.